The molecule has 6 heteroatoms. The molecule has 0 aliphatic carbocycles. The molecule has 0 bridgehead atoms. The van der Waals surface area contributed by atoms with Crippen LogP contribution in [-0.2, 0) is 0 Å². The molecule has 0 saturated heterocycles. The number of aromatic amines is 1. The van der Waals surface area contributed by atoms with Crippen molar-refractivity contribution < 1.29 is 8.78 Å². The predicted octanol–water partition coefficient (Wildman–Crippen LogP) is 4.79. The van der Waals surface area contributed by atoms with Crippen LogP contribution in [0.25, 0.3) is 21.8 Å². The van der Waals surface area contributed by atoms with Crippen molar-refractivity contribution in [2.24, 2.45) is 0 Å². The van der Waals surface area contributed by atoms with Gasteiger partial charge in [-0.3, -0.25) is 0 Å². The fraction of sp³-hybridized carbons (Fsp3) is 0.0588. The standard InChI is InChI=1S/C17H12F2N4/c18-15(19)17-22-14-4-2-1-3-12(14)16(23-17)21-11-5-6-13-10(9-11)7-8-20-13/h1-9,15,20H,(H,21,22,23). The van der Waals surface area contributed by atoms with Crippen LogP contribution in [-0.4, -0.2) is 15.0 Å². The number of anilines is 2. The highest BCUT2D eigenvalue weighted by molar-refractivity contribution is 5.92. The maximum absolute atomic E-state index is 13.0. The summed E-state index contributed by atoms with van der Waals surface area (Å²) in [6.45, 7) is 0. The highest BCUT2D eigenvalue weighted by atomic mass is 19.3. The zero-order valence-corrected chi connectivity index (χ0v) is 11.9. The first kappa shape index (κ1) is 13.6. The second kappa shape index (κ2) is 5.31. The number of hydrogen-bond acceptors (Lipinski definition) is 3. The van der Waals surface area contributed by atoms with Crippen LogP contribution in [0.2, 0.25) is 0 Å². The number of nitrogens with zero attached hydrogens (tertiary/aromatic N) is 2. The second-order valence-electron chi connectivity index (χ2n) is 5.15. The van der Waals surface area contributed by atoms with Crippen LogP contribution in [0.1, 0.15) is 12.2 Å². The number of H-pyrrole nitrogens is 1. The average Bonchev–Trinajstić information content (AvgIpc) is 3.02. The number of alkyl halides is 2. The molecule has 0 unspecified atom stereocenters. The van der Waals surface area contributed by atoms with Crippen molar-refractivity contribution in [2.45, 2.75) is 6.43 Å². The van der Waals surface area contributed by atoms with Crippen molar-refractivity contribution in [3.8, 4) is 0 Å². The van der Waals surface area contributed by atoms with Gasteiger partial charge in [0.15, 0.2) is 5.82 Å². The Kier molecular flexibility index (Phi) is 3.15. The second-order valence-corrected chi connectivity index (χ2v) is 5.15. The van der Waals surface area contributed by atoms with E-state index in [4.69, 9.17) is 0 Å². The maximum atomic E-state index is 13.0. The first-order valence-electron chi connectivity index (χ1n) is 7.10. The fourth-order valence-electron chi connectivity index (χ4n) is 2.56. The lowest BCUT2D eigenvalue weighted by Gasteiger charge is -2.10. The summed E-state index contributed by atoms with van der Waals surface area (Å²) >= 11 is 0. The van der Waals surface area contributed by atoms with E-state index >= 15 is 0 Å². The number of fused-ring (bicyclic) bond motifs is 2. The number of benzene rings is 2. The molecule has 0 aliphatic rings. The van der Waals surface area contributed by atoms with Crippen LogP contribution in [0.15, 0.2) is 54.7 Å². The highest BCUT2D eigenvalue weighted by Gasteiger charge is 2.15. The van der Waals surface area contributed by atoms with Crippen molar-refractivity contribution >= 4 is 33.3 Å². The van der Waals surface area contributed by atoms with Crippen molar-refractivity contribution in [3.05, 3.63) is 60.6 Å². The molecule has 23 heavy (non-hydrogen) atoms. The van der Waals surface area contributed by atoms with Gasteiger partial charge in [-0.1, -0.05) is 12.1 Å². The number of halogens is 2. The Morgan fingerprint density at radius 3 is 2.74 bits per heavy atom. The van der Waals surface area contributed by atoms with Crippen molar-refractivity contribution in [3.63, 3.8) is 0 Å². The zero-order valence-electron chi connectivity index (χ0n) is 11.9. The SMILES string of the molecule is FC(F)c1nc(Nc2ccc3[nH]ccc3c2)c2ccccc2n1. The van der Waals surface area contributed by atoms with E-state index in [1.165, 1.54) is 0 Å². The molecule has 2 N–H and O–H groups in total. The molecule has 4 aromatic rings. The van der Waals surface area contributed by atoms with Gasteiger partial charge in [-0.2, -0.15) is 0 Å². The molecule has 4 nitrogen and oxygen atoms in total. The van der Waals surface area contributed by atoms with E-state index in [2.05, 4.69) is 20.3 Å². The van der Waals surface area contributed by atoms with Gasteiger partial charge in [0, 0.05) is 28.2 Å². The molecule has 0 amide bonds. The van der Waals surface area contributed by atoms with Gasteiger partial charge in [0.25, 0.3) is 6.43 Å². The van der Waals surface area contributed by atoms with Crippen molar-refractivity contribution in [1.29, 1.82) is 0 Å². The van der Waals surface area contributed by atoms with Gasteiger partial charge in [0.2, 0.25) is 0 Å². The third kappa shape index (κ3) is 2.48. The van der Waals surface area contributed by atoms with Gasteiger partial charge < -0.3 is 10.3 Å². The van der Waals surface area contributed by atoms with Crippen LogP contribution in [0.4, 0.5) is 20.3 Å². The van der Waals surface area contributed by atoms with E-state index in [-0.39, 0.29) is 0 Å². The summed E-state index contributed by atoms with van der Waals surface area (Å²) in [7, 11) is 0. The molecule has 0 aliphatic heterocycles. The summed E-state index contributed by atoms with van der Waals surface area (Å²) in [6.07, 6.45) is -0.865. The molecular weight excluding hydrogens is 298 g/mol. The maximum Gasteiger partial charge on any atom is 0.297 e. The quantitative estimate of drug-likeness (QED) is 0.572. The van der Waals surface area contributed by atoms with Crippen LogP contribution in [0, 0.1) is 0 Å². The van der Waals surface area contributed by atoms with Crippen molar-refractivity contribution in [1.82, 2.24) is 15.0 Å². The van der Waals surface area contributed by atoms with E-state index in [9.17, 15) is 8.78 Å². The first-order chi connectivity index (χ1) is 11.2. The summed E-state index contributed by atoms with van der Waals surface area (Å²) in [4.78, 5) is 11.0. The van der Waals surface area contributed by atoms with E-state index in [1.807, 2.05) is 42.6 Å². The fourth-order valence-corrected chi connectivity index (χ4v) is 2.56. The molecule has 0 radical (unpaired) electrons. The first-order valence-corrected chi connectivity index (χ1v) is 7.10. The normalized spacial score (nSPS) is 11.4. The van der Waals surface area contributed by atoms with E-state index in [1.54, 1.807) is 12.1 Å². The minimum Gasteiger partial charge on any atom is -0.361 e. The van der Waals surface area contributed by atoms with Gasteiger partial charge in [0.1, 0.15) is 5.82 Å². The monoisotopic (exact) mass is 310 g/mol. The molecule has 0 fully saturated rings. The van der Waals surface area contributed by atoms with E-state index in [0.717, 1.165) is 16.6 Å². The van der Waals surface area contributed by atoms with Gasteiger partial charge in [-0.25, -0.2) is 18.7 Å². The minimum absolute atomic E-state index is 0.376. The minimum atomic E-state index is -2.72. The van der Waals surface area contributed by atoms with Crippen LogP contribution >= 0.6 is 0 Å². The molecular formula is C17H12F2N4. The third-order valence-corrected chi connectivity index (χ3v) is 3.63. The van der Waals surface area contributed by atoms with Crippen LogP contribution < -0.4 is 5.32 Å². The Morgan fingerprint density at radius 1 is 1.00 bits per heavy atom. The number of aromatic nitrogens is 3. The van der Waals surface area contributed by atoms with E-state index in [0.29, 0.717) is 16.7 Å². The van der Waals surface area contributed by atoms with E-state index < -0.39 is 12.2 Å². The van der Waals surface area contributed by atoms with Gasteiger partial charge in [0.05, 0.1) is 5.52 Å². The summed E-state index contributed by atoms with van der Waals surface area (Å²) in [5.41, 5.74) is 2.28. The Balaban J connectivity index is 1.83. The smallest absolute Gasteiger partial charge is 0.297 e. The lowest BCUT2D eigenvalue weighted by atomic mass is 10.2. The molecule has 4 rings (SSSR count). The Hall–Kier alpha value is -3.02. The number of rotatable bonds is 3. The lowest BCUT2D eigenvalue weighted by molar-refractivity contribution is 0.141. The molecule has 2 aromatic carbocycles. The largest absolute Gasteiger partial charge is 0.361 e. The van der Waals surface area contributed by atoms with Gasteiger partial charge in [-0.05, 0) is 36.4 Å². The van der Waals surface area contributed by atoms with Gasteiger partial charge in [-0.15, -0.1) is 0 Å². The summed E-state index contributed by atoms with van der Waals surface area (Å²) in [6, 6.07) is 14.8. The molecule has 114 valence electrons. The average molecular weight is 310 g/mol. The number of nitrogens with one attached hydrogen (secondary N) is 2. The topological polar surface area (TPSA) is 53.6 Å². The molecule has 2 heterocycles. The zero-order chi connectivity index (χ0) is 15.8. The predicted molar refractivity (Wildman–Crippen MR) is 86.1 cm³/mol. The van der Waals surface area contributed by atoms with Crippen LogP contribution in [0.3, 0.4) is 0 Å². The Bertz CT molecular complexity index is 994. The summed E-state index contributed by atoms with van der Waals surface area (Å²) in [5.74, 6) is -0.102. The number of hydrogen-bond donors (Lipinski definition) is 2. The summed E-state index contributed by atoms with van der Waals surface area (Å²) < 4.78 is 26.0. The van der Waals surface area contributed by atoms with Gasteiger partial charge >= 0.3 is 0 Å². The molecule has 0 saturated carbocycles. The van der Waals surface area contributed by atoms with Crippen molar-refractivity contribution in [2.75, 3.05) is 5.32 Å². The molecule has 0 spiro atoms. The lowest BCUT2D eigenvalue weighted by Crippen LogP contribution is -2.02. The number of para-hydroxylation sites is 1. The summed E-state index contributed by atoms with van der Waals surface area (Å²) in [5, 5.41) is 4.86. The molecule has 0 atom stereocenters. The molecule has 2 aromatic heterocycles. The van der Waals surface area contributed by atoms with Crippen LogP contribution in [0.5, 0.6) is 0 Å². The Labute approximate surface area is 130 Å². The highest BCUT2D eigenvalue weighted by Crippen LogP contribution is 2.28. The third-order valence-electron chi connectivity index (χ3n) is 3.63. The Morgan fingerprint density at radius 2 is 1.87 bits per heavy atom.